The van der Waals surface area contributed by atoms with Gasteiger partial charge in [-0.1, -0.05) is 267 Å². The second kappa shape index (κ2) is 19.3. The third-order valence-corrected chi connectivity index (χ3v) is 13.6. The lowest BCUT2D eigenvalue weighted by Crippen LogP contribution is -2.00. The van der Waals surface area contributed by atoms with Gasteiger partial charge in [0.2, 0.25) is 0 Å². The topological polar surface area (TPSA) is 77.3 Å². The second-order valence-corrected chi connectivity index (χ2v) is 18.2. The predicted octanol–water partition coefficient (Wildman–Crippen LogP) is 17.0. The van der Waals surface area contributed by atoms with Crippen LogP contribution in [0.25, 0.3) is 134 Å². The third-order valence-electron chi connectivity index (χ3n) is 13.6. The minimum absolute atomic E-state index is 0.600. The molecule has 13 rings (SSSR count). The molecule has 0 amide bonds. The molecule has 6 heteroatoms. The van der Waals surface area contributed by atoms with Crippen LogP contribution in [-0.2, 0) is 0 Å². The Morgan fingerprint density at radius 2 is 0.405 bits per heavy atom. The van der Waals surface area contributed by atoms with Gasteiger partial charge in [-0.15, -0.1) is 0 Å². The van der Waals surface area contributed by atoms with Gasteiger partial charge < -0.3 is 0 Å². The Labute approximate surface area is 429 Å². The van der Waals surface area contributed by atoms with Crippen molar-refractivity contribution in [1.29, 1.82) is 0 Å². The maximum Gasteiger partial charge on any atom is 0.164 e. The average molecular weight is 945 g/mol. The fourth-order valence-electron chi connectivity index (χ4n) is 10.0. The van der Waals surface area contributed by atoms with E-state index in [9.17, 15) is 0 Å². The Hall–Kier alpha value is -10.0. The molecule has 6 nitrogen and oxygen atoms in total. The monoisotopic (exact) mass is 944 g/mol. The van der Waals surface area contributed by atoms with E-state index in [-0.39, 0.29) is 0 Å². The minimum Gasteiger partial charge on any atom is -0.208 e. The SMILES string of the molecule is c1ccc(-c2nc(-c3ccccc3)nc(-c3ccc(-c4c(-c5cccc6ccccc56)ccc(-c5cccc6ccccc56)c4-c4ccc(-c5nc(-c6ccccc6)nc(-c6ccccc6)n5)cc4)cc3)n2)cc1. The number of rotatable bonds is 10. The highest BCUT2D eigenvalue weighted by Gasteiger charge is 2.23. The highest BCUT2D eigenvalue weighted by Crippen LogP contribution is 2.48. The van der Waals surface area contributed by atoms with E-state index in [4.69, 9.17) is 29.9 Å². The van der Waals surface area contributed by atoms with Crippen LogP contribution in [0.3, 0.4) is 0 Å². The maximum absolute atomic E-state index is 5.09. The summed E-state index contributed by atoms with van der Waals surface area (Å²) in [6.45, 7) is 0. The number of hydrogen-bond acceptors (Lipinski definition) is 6. The Kier molecular flexibility index (Phi) is 11.4. The molecule has 0 aliphatic carbocycles. The lowest BCUT2D eigenvalue weighted by atomic mass is 9.81. The van der Waals surface area contributed by atoms with Gasteiger partial charge >= 0.3 is 0 Å². The molecule has 0 saturated heterocycles. The number of aromatic nitrogens is 6. The molecular formula is C68H44N6. The zero-order valence-electron chi connectivity index (χ0n) is 40.1. The van der Waals surface area contributed by atoms with Crippen molar-refractivity contribution < 1.29 is 0 Å². The van der Waals surface area contributed by atoms with Crippen LogP contribution in [0.15, 0.2) is 267 Å². The Bertz CT molecular complexity index is 3750. The fraction of sp³-hybridized carbons (Fsp3) is 0. The summed E-state index contributed by atoms with van der Waals surface area (Å²) in [5.41, 5.74) is 14.3. The minimum atomic E-state index is 0.600. The van der Waals surface area contributed by atoms with E-state index in [2.05, 4.69) is 146 Å². The molecule has 346 valence electrons. The maximum atomic E-state index is 5.09. The van der Waals surface area contributed by atoms with Crippen molar-refractivity contribution in [1.82, 2.24) is 29.9 Å². The molecule has 0 saturated carbocycles. The molecule has 0 fully saturated rings. The Morgan fingerprint density at radius 1 is 0.162 bits per heavy atom. The Balaban J connectivity index is 1.03. The first kappa shape index (κ1) is 43.9. The summed E-state index contributed by atoms with van der Waals surface area (Å²) in [4.78, 5) is 30.3. The van der Waals surface area contributed by atoms with Crippen molar-refractivity contribution in [2.75, 3.05) is 0 Å². The number of nitrogens with zero attached hydrogens (tertiary/aromatic N) is 6. The zero-order valence-corrected chi connectivity index (χ0v) is 40.1. The van der Waals surface area contributed by atoms with E-state index in [0.29, 0.717) is 34.9 Å². The van der Waals surface area contributed by atoms with Gasteiger partial charge in [0, 0.05) is 33.4 Å². The van der Waals surface area contributed by atoms with Crippen LogP contribution in [0, 0.1) is 0 Å². The molecule has 0 aliphatic rings. The van der Waals surface area contributed by atoms with Crippen LogP contribution < -0.4 is 0 Å². The first-order valence-electron chi connectivity index (χ1n) is 24.8. The molecule has 0 atom stereocenters. The van der Waals surface area contributed by atoms with E-state index < -0.39 is 0 Å². The summed E-state index contributed by atoms with van der Waals surface area (Å²) in [6.07, 6.45) is 0. The first-order chi connectivity index (χ1) is 36.7. The summed E-state index contributed by atoms with van der Waals surface area (Å²) in [5.74, 6) is 3.68. The average Bonchev–Trinajstić information content (AvgIpc) is 3.49. The van der Waals surface area contributed by atoms with Gasteiger partial charge in [-0.25, -0.2) is 29.9 Å². The molecule has 2 aromatic heterocycles. The third kappa shape index (κ3) is 8.46. The molecule has 11 aromatic carbocycles. The van der Waals surface area contributed by atoms with E-state index in [1.807, 2.05) is 121 Å². The number of hydrogen-bond donors (Lipinski definition) is 0. The van der Waals surface area contributed by atoms with Crippen molar-refractivity contribution >= 4 is 21.5 Å². The fourth-order valence-corrected chi connectivity index (χ4v) is 10.0. The molecule has 0 bridgehead atoms. The summed E-state index contributed by atoms with van der Waals surface area (Å²) >= 11 is 0. The van der Waals surface area contributed by atoms with Gasteiger partial charge in [-0.3, -0.25) is 0 Å². The van der Waals surface area contributed by atoms with Crippen LogP contribution in [0.1, 0.15) is 0 Å². The highest BCUT2D eigenvalue weighted by atomic mass is 15.0. The molecule has 2 heterocycles. The lowest BCUT2D eigenvalue weighted by molar-refractivity contribution is 1.07. The van der Waals surface area contributed by atoms with Crippen molar-refractivity contribution in [2.24, 2.45) is 0 Å². The van der Waals surface area contributed by atoms with Crippen LogP contribution in [0.2, 0.25) is 0 Å². The van der Waals surface area contributed by atoms with Crippen LogP contribution in [-0.4, -0.2) is 29.9 Å². The molecule has 0 N–H and O–H groups in total. The first-order valence-corrected chi connectivity index (χ1v) is 24.8. The summed E-state index contributed by atoms with van der Waals surface area (Å²) in [5, 5.41) is 4.71. The van der Waals surface area contributed by atoms with E-state index in [0.717, 1.165) is 77.9 Å². The van der Waals surface area contributed by atoms with Gasteiger partial charge in [-0.05, 0) is 66.1 Å². The lowest BCUT2D eigenvalue weighted by Gasteiger charge is -2.22. The normalized spacial score (nSPS) is 11.2. The van der Waals surface area contributed by atoms with Gasteiger partial charge in [0.15, 0.2) is 34.9 Å². The predicted molar refractivity (Wildman–Crippen MR) is 303 cm³/mol. The van der Waals surface area contributed by atoms with Crippen LogP contribution in [0.5, 0.6) is 0 Å². The van der Waals surface area contributed by atoms with Crippen molar-refractivity contribution in [3.8, 4) is 113 Å². The van der Waals surface area contributed by atoms with Crippen molar-refractivity contribution in [3.05, 3.63) is 267 Å². The quantitative estimate of drug-likeness (QED) is 0.136. The van der Waals surface area contributed by atoms with Crippen molar-refractivity contribution in [3.63, 3.8) is 0 Å². The van der Waals surface area contributed by atoms with Crippen molar-refractivity contribution in [2.45, 2.75) is 0 Å². The molecule has 0 spiro atoms. The van der Waals surface area contributed by atoms with Crippen LogP contribution in [0.4, 0.5) is 0 Å². The molecule has 74 heavy (non-hydrogen) atoms. The largest absolute Gasteiger partial charge is 0.208 e. The summed E-state index contributed by atoms with van der Waals surface area (Å²) < 4.78 is 0. The molecular weight excluding hydrogens is 901 g/mol. The zero-order chi connectivity index (χ0) is 49.2. The molecule has 13 aromatic rings. The van der Waals surface area contributed by atoms with Gasteiger partial charge in [0.25, 0.3) is 0 Å². The number of fused-ring (bicyclic) bond motifs is 2. The molecule has 0 unspecified atom stereocenters. The Morgan fingerprint density at radius 3 is 0.716 bits per heavy atom. The van der Waals surface area contributed by atoms with Crippen LogP contribution >= 0.6 is 0 Å². The van der Waals surface area contributed by atoms with Gasteiger partial charge in [-0.2, -0.15) is 0 Å². The summed E-state index contributed by atoms with van der Waals surface area (Å²) in [7, 11) is 0. The van der Waals surface area contributed by atoms with Gasteiger partial charge in [0.05, 0.1) is 0 Å². The second-order valence-electron chi connectivity index (χ2n) is 18.2. The number of benzene rings is 11. The molecule has 0 radical (unpaired) electrons. The van der Waals surface area contributed by atoms with E-state index in [1.54, 1.807) is 0 Å². The van der Waals surface area contributed by atoms with Gasteiger partial charge in [0.1, 0.15) is 0 Å². The molecule has 0 aliphatic heterocycles. The van der Waals surface area contributed by atoms with E-state index >= 15 is 0 Å². The highest BCUT2D eigenvalue weighted by molar-refractivity contribution is 6.10. The summed E-state index contributed by atoms with van der Waals surface area (Å²) in [6, 6.07) is 93.0. The standard InChI is InChI=1S/C68H44N6/c1-5-21-49(22-6-1)63-69-64(50-23-7-2-8-24-50)72-67(71-63)53-39-35-47(36-40-53)61-59(57-33-17-29-45-19-13-15-31-55(45)57)43-44-60(58-34-18-30-46-20-14-16-32-56(46)58)62(61)48-37-41-54(42-38-48)68-73-65(51-25-9-3-10-26-51)70-66(74-68)52-27-11-4-12-28-52/h1-44H. The van der Waals surface area contributed by atoms with E-state index in [1.165, 1.54) is 21.5 Å². The smallest absolute Gasteiger partial charge is 0.164 e.